The Morgan fingerprint density at radius 2 is 2.11 bits per heavy atom. The molecule has 1 aliphatic rings. The van der Waals surface area contributed by atoms with E-state index in [2.05, 4.69) is 35.9 Å². The van der Waals surface area contributed by atoms with Gasteiger partial charge in [0.05, 0.1) is 11.4 Å². The van der Waals surface area contributed by atoms with Crippen molar-refractivity contribution in [1.29, 1.82) is 0 Å². The number of fused-ring (bicyclic) bond motifs is 1. The molecule has 0 unspecified atom stereocenters. The van der Waals surface area contributed by atoms with Gasteiger partial charge in [-0.25, -0.2) is 0 Å². The van der Waals surface area contributed by atoms with E-state index in [4.69, 9.17) is 5.73 Å². The van der Waals surface area contributed by atoms with Crippen molar-refractivity contribution in [3.8, 4) is 0 Å². The first-order chi connectivity index (χ1) is 9.16. The largest absolute Gasteiger partial charge is 0.397 e. The zero-order valence-corrected chi connectivity index (χ0v) is 11.6. The van der Waals surface area contributed by atoms with Crippen molar-refractivity contribution < 1.29 is 0 Å². The lowest BCUT2D eigenvalue weighted by molar-refractivity contribution is 0.646. The first-order valence-corrected chi connectivity index (χ1v) is 7.05. The molecule has 100 valence electrons. The van der Waals surface area contributed by atoms with Gasteiger partial charge < -0.3 is 10.6 Å². The standard InChI is InChI=1S/C16H21N3/c1-11(2)19(10-12-3-4-12)15-6-5-13-9-18-8-7-14(13)16(15)17/h5-9,11-12H,3-4,10,17H2,1-2H3. The molecule has 1 saturated carbocycles. The van der Waals surface area contributed by atoms with E-state index in [-0.39, 0.29) is 0 Å². The zero-order chi connectivity index (χ0) is 13.4. The summed E-state index contributed by atoms with van der Waals surface area (Å²) < 4.78 is 0. The third-order valence-electron chi connectivity index (χ3n) is 3.92. The number of rotatable bonds is 4. The zero-order valence-electron chi connectivity index (χ0n) is 11.6. The highest BCUT2D eigenvalue weighted by Gasteiger charge is 2.26. The lowest BCUT2D eigenvalue weighted by atomic mass is 10.1. The van der Waals surface area contributed by atoms with Crippen LogP contribution in [0.4, 0.5) is 11.4 Å². The molecule has 2 N–H and O–H groups in total. The summed E-state index contributed by atoms with van der Waals surface area (Å²) in [6, 6.07) is 6.74. The predicted molar refractivity (Wildman–Crippen MR) is 81.4 cm³/mol. The molecule has 1 aromatic carbocycles. The van der Waals surface area contributed by atoms with Gasteiger partial charge in [-0.2, -0.15) is 0 Å². The Morgan fingerprint density at radius 3 is 2.79 bits per heavy atom. The normalized spacial score (nSPS) is 15.1. The Kier molecular flexibility index (Phi) is 3.05. The number of nitrogens with two attached hydrogens (primary N) is 1. The van der Waals surface area contributed by atoms with Gasteiger partial charge in [-0.15, -0.1) is 0 Å². The number of hydrogen-bond donors (Lipinski definition) is 1. The maximum Gasteiger partial charge on any atom is 0.0632 e. The molecule has 1 fully saturated rings. The van der Waals surface area contributed by atoms with Gasteiger partial charge in [0.1, 0.15) is 0 Å². The highest BCUT2D eigenvalue weighted by atomic mass is 15.2. The Balaban J connectivity index is 2.04. The van der Waals surface area contributed by atoms with Crippen LogP contribution in [0.3, 0.4) is 0 Å². The molecule has 3 rings (SSSR count). The van der Waals surface area contributed by atoms with E-state index in [0.717, 1.165) is 28.9 Å². The minimum atomic E-state index is 0.474. The average molecular weight is 255 g/mol. The van der Waals surface area contributed by atoms with Crippen LogP contribution in [0, 0.1) is 5.92 Å². The molecular formula is C16H21N3. The van der Waals surface area contributed by atoms with Crippen LogP contribution < -0.4 is 10.6 Å². The predicted octanol–water partition coefficient (Wildman–Crippen LogP) is 3.44. The van der Waals surface area contributed by atoms with Crippen molar-refractivity contribution in [1.82, 2.24) is 4.98 Å². The van der Waals surface area contributed by atoms with Crippen molar-refractivity contribution in [2.45, 2.75) is 32.7 Å². The number of aromatic nitrogens is 1. The molecular weight excluding hydrogens is 234 g/mol. The van der Waals surface area contributed by atoms with Crippen molar-refractivity contribution >= 4 is 22.1 Å². The van der Waals surface area contributed by atoms with Crippen LogP contribution in [-0.2, 0) is 0 Å². The van der Waals surface area contributed by atoms with Gasteiger partial charge in [0, 0.05) is 35.8 Å². The van der Waals surface area contributed by atoms with Gasteiger partial charge in [-0.05, 0) is 44.7 Å². The van der Waals surface area contributed by atoms with Crippen LogP contribution in [0.5, 0.6) is 0 Å². The monoisotopic (exact) mass is 255 g/mol. The molecule has 2 aromatic rings. The van der Waals surface area contributed by atoms with E-state index in [1.807, 2.05) is 18.5 Å². The Morgan fingerprint density at radius 1 is 1.32 bits per heavy atom. The summed E-state index contributed by atoms with van der Waals surface area (Å²) in [5, 5.41) is 2.22. The maximum atomic E-state index is 6.38. The molecule has 19 heavy (non-hydrogen) atoms. The molecule has 1 aromatic heterocycles. The van der Waals surface area contributed by atoms with E-state index in [0.29, 0.717) is 6.04 Å². The second-order valence-electron chi connectivity index (χ2n) is 5.78. The lowest BCUT2D eigenvalue weighted by Crippen LogP contribution is -2.33. The summed E-state index contributed by atoms with van der Waals surface area (Å²) in [6.45, 7) is 5.59. The summed E-state index contributed by atoms with van der Waals surface area (Å²) in [7, 11) is 0. The molecule has 0 atom stereocenters. The number of nitrogen functional groups attached to an aromatic ring is 1. The second kappa shape index (κ2) is 4.72. The van der Waals surface area contributed by atoms with Gasteiger partial charge >= 0.3 is 0 Å². The fraction of sp³-hybridized carbons (Fsp3) is 0.438. The van der Waals surface area contributed by atoms with Crippen LogP contribution in [-0.4, -0.2) is 17.6 Å². The van der Waals surface area contributed by atoms with Crippen molar-refractivity contribution in [3.63, 3.8) is 0 Å². The molecule has 0 spiro atoms. The Bertz CT molecular complexity index is 588. The highest BCUT2D eigenvalue weighted by molar-refractivity contribution is 5.98. The van der Waals surface area contributed by atoms with Crippen LogP contribution in [0.1, 0.15) is 26.7 Å². The molecule has 0 aliphatic heterocycles. The number of benzene rings is 1. The second-order valence-corrected chi connectivity index (χ2v) is 5.78. The topological polar surface area (TPSA) is 42.2 Å². The number of pyridine rings is 1. The van der Waals surface area contributed by atoms with Crippen LogP contribution >= 0.6 is 0 Å². The quantitative estimate of drug-likeness (QED) is 0.851. The van der Waals surface area contributed by atoms with E-state index < -0.39 is 0 Å². The average Bonchev–Trinajstić information content (AvgIpc) is 3.21. The van der Waals surface area contributed by atoms with Crippen LogP contribution in [0.25, 0.3) is 10.8 Å². The maximum absolute atomic E-state index is 6.38. The minimum Gasteiger partial charge on any atom is -0.397 e. The van der Waals surface area contributed by atoms with Gasteiger partial charge in [0.15, 0.2) is 0 Å². The third kappa shape index (κ3) is 2.37. The lowest BCUT2D eigenvalue weighted by Gasteiger charge is -2.30. The fourth-order valence-electron chi connectivity index (χ4n) is 2.60. The molecule has 0 amide bonds. The van der Waals surface area contributed by atoms with E-state index >= 15 is 0 Å². The van der Waals surface area contributed by atoms with E-state index in [1.54, 1.807) is 0 Å². The first kappa shape index (κ1) is 12.3. The van der Waals surface area contributed by atoms with Gasteiger partial charge in [-0.3, -0.25) is 4.98 Å². The smallest absolute Gasteiger partial charge is 0.0632 e. The van der Waals surface area contributed by atoms with E-state index in [9.17, 15) is 0 Å². The van der Waals surface area contributed by atoms with Crippen LogP contribution in [0.15, 0.2) is 30.6 Å². The van der Waals surface area contributed by atoms with E-state index in [1.165, 1.54) is 18.5 Å². The van der Waals surface area contributed by atoms with Crippen molar-refractivity contribution in [2.24, 2.45) is 5.92 Å². The summed E-state index contributed by atoms with van der Waals surface area (Å²) in [4.78, 5) is 6.59. The van der Waals surface area contributed by atoms with Crippen molar-refractivity contribution in [2.75, 3.05) is 17.2 Å². The third-order valence-corrected chi connectivity index (χ3v) is 3.92. The summed E-state index contributed by atoms with van der Waals surface area (Å²) in [6.07, 6.45) is 6.40. The molecule has 0 saturated heterocycles. The molecule has 1 heterocycles. The molecule has 0 bridgehead atoms. The molecule has 1 aliphatic carbocycles. The summed E-state index contributed by atoms with van der Waals surface area (Å²) >= 11 is 0. The van der Waals surface area contributed by atoms with Crippen LogP contribution in [0.2, 0.25) is 0 Å². The van der Waals surface area contributed by atoms with Crippen molar-refractivity contribution in [3.05, 3.63) is 30.6 Å². The van der Waals surface area contributed by atoms with Gasteiger partial charge in [0.2, 0.25) is 0 Å². The molecule has 0 radical (unpaired) electrons. The first-order valence-electron chi connectivity index (χ1n) is 7.05. The summed E-state index contributed by atoms with van der Waals surface area (Å²) in [5.74, 6) is 0.856. The van der Waals surface area contributed by atoms with Gasteiger partial charge in [-0.1, -0.05) is 6.07 Å². The number of hydrogen-bond acceptors (Lipinski definition) is 3. The SMILES string of the molecule is CC(C)N(CC1CC1)c1ccc2cnccc2c1N. The Labute approximate surface area is 114 Å². The minimum absolute atomic E-state index is 0.474. The molecule has 3 nitrogen and oxygen atoms in total. The molecule has 3 heteroatoms. The fourth-order valence-corrected chi connectivity index (χ4v) is 2.60. The highest BCUT2D eigenvalue weighted by Crippen LogP contribution is 2.36. The Hall–Kier alpha value is -1.77. The number of nitrogens with zero attached hydrogens (tertiary/aromatic N) is 2. The number of anilines is 2. The summed E-state index contributed by atoms with van der Waals surface area (Å²) in [5.41, 5.74) is 8.44. The van der Waals surface area contributed by atoms with Gasteiger partial charge in [0.25, 0.3) is 0 Å².